The van der Waals surface area contributed by atoms with Gasteiger partial charge in [-0.1, -0.05) is 19.0 Å². The van der Waals surface area contributed by atoms with Crippen molar-refractivity contribution in [3.8, 4) is 0 Å². The van der Waals surface area contributed by atoms with E-state index in [9.17, 15) is 0 Å². The van der Waals surface area contributed by atoms with Crippen LogP contribution in [0.25, 0.3) is 0 Å². The first kappa shape index (κ1) is 24.9. The van der Waals surface area contributed by atoms with Crippen LogP contribution in [0.4, 0.5) is 0 Å². The van der Waals surface area contributed by atoms with Gasteiger partial charge in [0.25, 0.3) is 0 Å². The molecule has 0 saturated heterocycles. The van der Waals surface area contributed by atoms with Crippen molar-refractivity contribution in [2.75, 3.05) is 7.11 Å². The molecule has 5 unspecified atom stereocenters. The maximum atomic E-state index is 6.71. The van der Waals surface area contributed by atoms with Crippen molar-refractivity contribution in [1.29, 1.82) is 0 Å². The molecule has 6 heteroatoms. The van der Waals surface area contributed by atoms with Crippen LogP contribution in [0.2, 0.25) is 39.3 Å². The summed E-state index contributed by atoms with van der Waals surface area (Å²) in [5.74, 6) is 3.18. The SMILES string of the molecule is CO/N=C1/[C@H](O[Si](C)(C)C)CC2C3CC[C@H]4C[C@H](O[Si](C)(C)C)CCC4(C)C3CCC12C. The highest BCUT2D eigenvalue weighted by Gasteiger charge is 2.62. The Morgan fingerprint density at radius 3 is 2.12 bits per heavy atom. The van der Waals surface area contributed by atoms with Crippen LogP contribution in [0.3, 0.4) is 0 Å². The number of hydrogen-bond donors (Lipinski definition) is 0. The molecule has 0 aromatic heterocycles. The molecule has 8 atom stereocenters. The smallest absolute Gasteiger partial charge is 0.184 e. The van der Waals surface area contributed by atoms with E-state index in [0.29, 0.717) is 17.4 Å². The zero-order valence-electron chi connectivity index (χ0n) is 22.3. The maximum Gasteiger partial charge on any atom is 0.184 e. The number of nitrogens with zero attached hydrogens (tertiary/aromatic N) is 1. The van der Waals surface area contributed by atoms with Gasteiger partial charge in [-0.25, -0.2) is 0 Å². The standard InChI is InChI=1S/C26H49NO3Si2/c1-25-14-12-19(29-31(4,5)6)16-18(25)10-11-20-21(25)13-15-26(2)22(20)17-23(24(26)27-28-3)30-32(7,8)9/h18-23H,10-17H2,1-9H3/b27-24-/t18-,19+,20?,21?,22?,23+,25?,26?/m0/s1. The van der Waals surface area contributed by atoms with Crippen LogP contribution in [0.1, 0.15) is 65.2 Å². The molecule has 4 aliphatic rings. The number of fused-ring (bicyclic) bond motifs is 5. The summed E-state index contributed by atoms with van der Waals surface area (Å²) in [5, 5.41) is 4.63. The normalized spacial score (nSPS) is 45.8. The molecule has 4 aliphatic carbocycles. The lowest BCUT2D eigenvalue weighted by atomic mass is 9.45. The molecule has 0 bridgehead atoms. The van der Waals surface area contributed by atoms with E-state index in [-0.39, 0.29) is 11.5 Å². The predicted molar refractivity (Wildman–Crippen MR) is 138 cm³/mol. The molecule has 0 aromatic carbocycles. The van der Waals surface area contributed by atoms with Crippen molar-refractivity contribution in [3.63, 3.8) is 0 Å². The van der Waals surface area contributed by atoms with E-state index in [1.54, 1.807) is 7.11 Å². The zero-order valence-corrected chi connectivity index (χ0v) is 24.3. The fraction of sp³-hybridized carbons (Fsp3) is 0.962. The quantitative estimate of drug-likeness (QED) is 0.312. The van der Waals surface area contributed by atoms with Crippen molar-refractivity contribution >= 4 is 22.3 Å². The topological polar surface area (TPSA) is 40.0 Å². The van der Waals surface area contributed by atoms with Crippen LogP contribution in [0.15, 0.2) is 5.16 Å². The van der Waals surface area contributed by atoms with Crippen LogP contribution in [-0.4, -0.2) is 41.7 Å². The molecule has 0 radical (unpaired) electrons. The van der Waals surface area contributed by atoms with Gasteiger partial charge in [0, 0.05) is 11.5 Å². The van der Waals surface area contributed by atoms with E-state index < -0.39 is 16.6 Å². The lowest BCUT2D eigenvalue weighted by Crippen LogP contribution is -2.54. The van der Waals surface area contributed by atoms with E-state index in [2.05, 4.69) is 58.3 Å². The predicted octanol–water partition coefficient (Wildman–Crippen LogP) is 7.08. The fourth-order valence-corrected chi connectivity index (χ4v) is 10.7. The lowest BCUT2D eigenvalue weighted by molar-refractivity contribution is -0.112. The van der Waals surface area contributed by atoms with Gasteiger partial charge < -0.3 is 13.7 Å². The fourth-order valence-electron chi connectivity index (χ4n) is 8.40. The van der Waals surface area contributed by atoms with Crippen LogP contribution in [-0.2, 0) is 13.7 Å². The molecule has 0 aromatic rings. The highest BCUT2D eigenvalue weighted by atomic mass is 28.4. The first-order valence-corrected chi connectivity index (χ1v) is 20.1. The second-order valence-electron chi connectivity index (χ2n) is 13.9. The Bertz CT molecular complexity index is 730. The van der Waals surface area contributed by atoms with Gasteiger partial charge in [0.1, 0.15) is 7.11 Å². The number of oxime groups is 1. The van der Waals surface area contributed by atoms with Crippen molar-refractivity contribution in [3.05, 3.63) is 0 Å². The Balaban J connectivity index is 1.55. The minimum absolute atomic E-state index is 0.142. The average molecular weight is 480 g/mol. The summed E-state index contributed by atoms with van der Waals surface area (Å²) in [6.07, 6.45) is 11.1. The summed E-state index contributed by atoms with van der Waals surface area (Å²) in [4.78, 5) is 5.39. The Kier molecular flexibility index (Phi) is 6.62. The van der Waals surface area contributed by atoms with Crippen LogP contribution >= 0.6 is 0 Å². The minimum Gasteiger partial charge on any atom is -0.415 e. The first-order chi connectivity index (χ1) is 14.8. The van der Waals surface area contributed by atoms with Gasteiger partial charge in [0.05, 0.1) is 11.8 Å². The Morgan fingerprint density at radius 1 is 0.812 bits per heavy atom. The molecule has 0 N–H and O–H groups in total. The van der Waals surface area contributed by atoms with Crippen LogP contribution in [0.5, 0.6) is 0 Å². The van der Waals surface area contributed by atoms with Gasteiger partial charge in [-0.3, -0.25) is 0 Å². The second kappa shape index (κ2) is 8.49. The lowest BCUT2D eigenvalue weighted by Gasteiger charge is -2.60. The molecule has 0 spiro atoms. The summed E-state index contributed by atoms with van der Waals surface area (Å²) in [5.41, 5.74) is 1.84. The molecule has 0 amide bonds. The molecule has 4 nitrogen and oxygen atoms in total. The molecule has 4 fully saturated rings. The number of rotatable bonds is 5. The van der Waals surface area contributed by atoms with Crippen LogP contribution in [0, 0.1) is 34.5 Å². The van der Waals surface area contributed by atoms with Crippen LogP contribution < -0.4 is 0 Å². The van der Waals surface area contributed by atoms with Crippen molar-refractivity contribution in [1.82, 2.24) is 0 Å². The van der Waals surface area contributed by atoms with E-state index >= 15 is 0 Å². The summed E-state index contributed by atoms with van der Waals surface area (Å²) in [6.45, 7) is 19.1. The monoisotopic (exact) mass is 479 g/mol. The maximum absolute atomic E-state index is 6.71. The third-order valence-corrected chi connectivity index (χ3v) is 11.6. The summed E-state index contributed by atoms with van der Waals surface area (Å²) >= 11 is 0. The zero-order chi connectivity index (χ0) is 23.5. The Labute approximate surface area is 199 Å². The minimum atomic E-state index is -1.65. The van der Waals surface area contributed by atoms with Gasteiger partial charge in [-0.2, -0.15) is 0 Å². The largest absolute Gasteiger partial charge is 0.415 e. The van der Waals surface area contributed by atoms with E-state index in [4.69, 9.17) is 13.7 Å². The molecule has 0 heterocycles. The molecule has 0 aliphatic heterocycles. The van der Waals surface area contributed by atoms with E-state index in [1.807, 2.05) is 0 Å². The highest BCUT2D eigenvalue weighted by molar-refractivity contribution is 6.70. The van der Waals surface area contributed by atoms with Crippen molar-refractivity contribution in [2.24, 2.45) is 39.7 Å². The number of hydrogen-bond acceptors (Lipinski definition) is 4. The highest BCUT2D eigenvalue weighted by Crippen LogP contribution is 2.66. The third-order valence-electron chi connectivity index (χ3n) is 9.57. The summed E-state index contributed by atoms with van der Waals surface area (Å²) < 4.78 is 13.3. The van der Waals surface area contributed by atoms with E-state index in [0.717, 1.165) is 24.2 Å². The Morgan fingerprint density at radius 2 is 1.50 bits per heavy atom. The molecule has 4 rings (SSSR count). The van der Waals surface area contributed by atoms with Gasteiger partial charge in [-0.15, -0.1) is 0 Å². The molecule has 4 saturated carbocycles. The van der Waals surface area contributed by atoms with Gasteiger partial charge in [-0.05, 0) is 120 Å². The molecular formula is C26H49NO3Si2. The van der Waals surface area contributed by atoms with Crippen molar-refractivity contribution in [2.45, 2.75) is 117 Å². The summed E-state index contributed by atoms with van der Waals surface area (Å²) in [7, 11) is -1.42. The van der Waals surface area contributed by atoms with E-state index in [1.165, 1.54) is 50.7 Å². The molecular weight excluding hydrogens is 430 g/mol. The molecule has 32 heavy (non-hydrogen) atoms. The van der Waals surface area contributed by atoms with Crippen molar-refractivity contribution < 1.29 is 13.7 Å². The van der Waals surface area contributed by atoms with Gasteiger partial charge in [0.15, 0.2) is 16.6 Å². The third kappa shape index (κ3) is 4.55. The van der Waals surface area contributed by atoms with Gasteiger partial charge >= 0.3 is 0 Å². The second-order valence-corrected chi connectivity index (χ2v) is 22.8. The molecule has 184 valence electrons. The Hall–Kier alpha value is -0.176. The summed E-state index contributed by atoms with van der Waals surface area (Å²) in [6, 6.07) is 0. The van der Waals surface area contributed by atoms with Gasteiger partial charge in [0.2, 0.25) is 0 Å². The first-order valence-electron chi connectivity index (χ1n) is 13.2. The average Bonchev–Trinajstić information content (AvgIpc) is 2.92.